The van der Waals surface area contributed by atoms with Gasteiger partial charge in [0.05, 0.1) is 12.7 Å². The van der Waals surface area contributed by atoms with E-state index in [0.717, 1.165) is 0 Å². The van der Waals surface area contributed by atoms with Crippen LogP contribution in [0.25, 0.3) is 0 Å². The van der Waals surface area contributed by atoms with Gasteiger partial charge in [0, 0.05) is 24.2 Å². The Labute approximate surface area is 92.5 Å². The van der Waals surface area contributed by atoms with Gasteiger partial charge in [0.2, 0.25) is 0 Å². The molecule has 1 aromatic rings. The third kappa shape index (κ3) is 2.08. The number of hydrogen-bond acceptors (Lipinski definition) is 3. The number of aliphatic hydroxyl groups excluding tert-OH is 2. The Morgan fingerprint density at radius 1 is 1.56 bits per heavy atom. The predicted octanol–water partition coefficient (Wildman–Crippen LogP) is 0.988. The normalized spacial score (nSPS) is 17.5. The summed E-state index contributed by atoms with van der Waals surface area (Å²) in [7, 11) is 1.52. The maximum Gasteiger partial charge on any atom is 0.282 e. The van der Waals surface area contributed by atoms with Gasteiger partial charge in [-0.1, -0.05) is 6.92 Å². The number of aliphatic hydroxyl groups is 2. The van der Waals surface area contributed by atoms with Gasteiger partial charge >= 0.3 is 0 Å². The Morgan fingerprint density at radius 3 is 2.50 bits per heavy atom. The molecule has 0 aromatic carbocycles. The average molecular weight is 234 g/mol. The summed E-state index contributed by atoms with van der Waals surface area (Å²) >= 11 is 0. The van der Waals surface area contributed by atoms with Crippen molar-refractivity contribution >= 4 is 0 Å². The van der Waals surface area contributed by atoms with E-state index in [-0.39, 0.29) is 11.3 Å². The van der Waals surface area contributed by atoms with Crippen LogP contribution in [0.15, 0.2) is 6.20 Å². The standard InChI is InChI=1S/C10H16F2N2O2/c1-6(16)10(2,5-15)7-4-14(3)13-8(7)9(11)12/h4,6,9,15-16H,5H2,1-3H3. The van der Waals surface area contributed by atoms with Crippen LogP contribution in [0.4, 0.5) is 8.78 Å². The Kier molecular flexibility index (Phi) is 3.64. The maximum atomic E-state index is 12.7. The first-order chi connectivity index (χ1) is 7.32. The quantitative estimate of drug-likeness (QED) is 0.816. The fourth-order valence-electron chi connectivity index (χ4n) is 1.55. The maximum absolute atomic E-state index is 12.7. The van der Waals surface area contributed by atoms with Crippen molar-refractivity contribution < 1.29 is 19.0 Å². The molecule has 2 unspecified atom stereocenters. The topological polar surface area (TPSA) is 58.3 Å². The zero-order chi connectivity index (χ0) is 12.5. The van der Waals surface area contributed by atoms with Crippen molar-refractivity contribution in [2.24, 2.45) is 7.05 Å². The zero-order valence-corrected chi connectivity index (χ0v) is 9.48. The van der Waals surface area contributed by atoms with Crippen molar-refractivity contribution in [3.05, 3.63) is 17.5 Å². The van der Waals surface area contributed by atoms with Crippen LogP contribution >= 0.6 is 0 Å². The second kappa shape index (κ2) is 4.47. The van der Waals surface area contributed by atoms with E-state index in [4.69, 9.17) is 0 Å². The number of aromatic nitrogens is 2. The highest BCUT2D eigenvalue weighted by atomic mass is 19.3. The van der Waals surface area contributed by atoms with Gasteiger partial charge < -0.3 is 10.2 Å². The second-order valence-corrected chi connectivity index (χ2v) is 4.15. The van der Waals surface area contributed by atoms with Gasteiger partial charge in [0.1, 0.15) is 5.69 Å². The lowest BCUT2D eigenvalue weighted by Crippen LogP contribution is -2.38. The molecule has 0 radical (unpaired) electrons. The number of hydrogen-bond donors (Lipinski definition) is 2. The zero-order valence-electron chi connectivity index (χ0n) is 9.48. The molecule has 0 aliphatic heterocycles. The van der Waals surface area contributed by atoms with Crippen molar-refractivity contribution in [1.29, 1.82) is 0 Å². The molecule has 0 spiro atoms. The Hall–Kier alpha value is -1.01. The molecule has 0 fully saturated rings. The first-order valence-electron chi connectivity index (χ1n) is 4.94. The Bertz CT molecular complexity index is 366. The first-order valence-corrected chi connectivity index (χ1v) is 4.94. The third-order valence-corrected chi connectivity index (χ3v) is 2.93. The molecule has 0 bridgehead atoms. The van der Waals surface area contributed by atoms with Crippen LogP contribution in [0.2, 0.25) is 0 Å². The number of nitrogens with zero attached hydrogens (tertiary/aromatic N) is 2. The van der Waals surface area contributed by atoms with Crippen LogP contribution in [0.1, 0.15) is 31.5 Å². The third-order valence-electron chi connectivity index (χ3n) is 2.93. The molecule has 1 rings (SSSR count). The van der Waals surface area contributed by atoms with E-state index in [9.17, 15) is 19.0 Å². The van der Waals surface area contributed by atoms with Gasteiger partial charge in [-0.2, -0.15) is 5.10 Å². The molecule has 0 saturated heterocycles. The fourth-order valence-corrected chi connectivity index (χ4v) is 1.55. The molecule has 2 N–H and O–H groups in total. The molecule has 16 heavy (non-hydrogen) atoms. The summed E-state index contributed by atoms with van der Waals surface area (Å²) in [5, 5.41) is 22.5. The molecular formula is C10H16F2N2O2. The molecule has 0 amide bonds. The molecule has 0 aliphatic rings. The molecule has 1 heterocycles. The van der Waals surface area contributed by atoms with E-state index < -0.39 is 24.6 Å². The summed E-state index contributed by atoms with van der Waals surface area (Å²) in [5.41, 5.74) is -1.33. The minimum absolute atomic E-state index is 0.183. The fraction of sp³-hybridized carbons (Fsp3) is 0.700. The highest BCUT2D eigenvalue weighted by molar-refractivity contribution is 5.29. The van der Waals surface area contributed by atoms with E-state index in [1.807, 2.05) is 0 Å². The van der Waals surface area contributed by atoms with Crippen molar-refractivity contribution in [3.63, 3.8) is 0 Å². The van der Waals surface area contributed by atoms with E-state index in [1.54, 1.807) is 0 Å². The number of aryl methyl sites for hydroxylation is 1. The SMILES string of the molecule is CC(O)C(C)(CO)c1cn(C)nc1C(F)F. The lowest BCUT2D eigenvalue weighted by atomic mass is 9.79. The van der Waals surface area contributed by atoms with Crippen LogP contribution in [-0.2, 0) is 12.5 Å². The first kappa shape index (κ1) is 13.1. The molecule has 92 valence electrons. The summed E-state index contributed by atoms with van der Waals surface area (Å²) in [5.74, 6) is 0. The summed E-state index contributed by atoms with van der Waals surface area (Å²) in [6.07, 6.45) is -2.26. The van der Waals surface area contributed by atoms with Crippen molar-refractivity contribution in [1.82, 2.24) is 9.78 Å². The minimum atomic E-state index is -2.72. The average Bonchev–Trinajstić information content (AvgIpc) is 2.59. The molecule has 6 heteroatoms. The Balaban J connectivity index is 3.29. The van der Waals surface area contributed by atoms with Gasteiger partial charge in [-0.15, -0.1) is 0 Å². The number of alkyl halides is 2. The van der Waals surface area contributed by atoms with Crippen LogP contribution < -0.4 is 0 Å². The van der Waals surface area contributed by atoms with Crippen LogP contribution in [0.3, 0.4) is 0 Å². The van der Waals surface area contributed by atoms with Crippen molar-refractivity contribution in [2.75, 3.05) is 6.61 Å². The molecule has 1 aromatic heterocycles. The Morgan fingerprint density at radius 2 is 2.12 bits per heavy atom. The van der Waals surface area contributed by atoms with Crippen LogP contribution in [0, 0.1) is 0 Å². The molecule has 0 aliphatic carbocycles. The minimum Gasteiger partial charge on any atom is -0.395 e. The smallest absolute Gasteiger partial charge is 0.282 e. The molecular weight excluding hydrogens is 218 g/mol. The lowest BCUT2D eigenvalue weighted by molar-refractivity contribution is 0.0575. The van der Waals surface area contributed by atoms with Crippen molar-refractivity contribution in [3.8, 4) is 0 Å². The van der Waals surface area contributed by atoms with E-state index in [1.165, 1.54) is 31.8 Å². The van der Waals surface area contributed by atoms with Gasteiger partial charge in [0.25, 0.3) is 6.43 Å². The summed E-state index contributed by atoms with van der Waals surface area (Å²) in [4.78, 5) is 0. The number of halogens is 2. The highest BCUT2D eigenvalue weighted by Gasteiger charge is 2.37. The van der Waals surface area contributed by atoms with Crippen LogP contribution in [-0.4, -0.2) is 32.7 Å². The molecule has 2 atom stereocenters. The van der Waals surface area contributed by atoms with Crippen molar-refractivity contribution in [2.45, 2.75) is 31.8 Å². The highest BCUT2D eigenvalue weighted by Crippen LogP contribution is 2.33. The second-order valence-electron chi connectivity index (χ2n) is 4.15. The van der Waals surface area contributed by atoms with Gasteiger partial charge in [-0.05, 0) is 6.92 Å². The monoisotopic (exact) mass is 234 g/mol. The van der Waals surface area contributed by atoms with Gasteiger partial charge in [-0.3, -0.25) is 4.68 Å². The molecule has 4 nitrogen and oxygen atoms in total. The summed E-state index contributed by atoms with van der Waals surface area (Å²) < 4.78 is 26.7. The van der Waals surface area contributed by atoms with E-state index in [0.29, 0.717) is 0 Å². The summed E-state index contributed by atoms with van der Waals surface area (Å²) in [6, 6.07) is 0. The number of rotatable bonds is 4. The van der Waals surface area contributed by atoms with E-state index >= 15 is 0 Å². The lowest BCUT2D eigenvalue weighted by Gasteiger charge is -2.30. The molecule has 0 saturated carbocycles. The van der Waals surface area contributed by atoms with Gasteiger partial charge in [-0.25, -0.2) is 8.78 Å². The van der Waals surface area contributed by atoms with Gasteiger partial charge in [0.15, 0.2) is 0 Å². The summed E-state index contributed by atoms with van der Waals surface area (Å²) in [6.45, 7) is 2.56. The van der Waals surface area contributed by atoms with Crippen LogP contribution in [0.5, 0.6) is 0 Å². The largest absolute Gasteiger partial charge is 0.395 e. The van der Waals surface area contributed by atoms with E-state index in [2.05, 4.69) is 5.10 Å². The predicted molar refractivity (Wildman–Crippen MR) is 54.3 cm³/mol.